The van der Waals surface area contributed by atoms with Gasteiger partial charge in [0.2, 0.25) is 0 Å². The lowest BCUT2D eigenvalue weighted by molar-refractivity contribution is 0.101. The van der Waals surface area contributed by atoms with Gasteiger partial charge in [0.1, 0.15) is 17.8 Å². The van der Waals surface area contributed by atoms with Crippen molar-refractivity contribution < 1.29 is 8.85 Å². The quantitative estimate of drug-likeness (QED) is 0.338. The molecule has 0 aliphatic heterocycles. The van der Waals surface area contributed by atoms with Crippen molar-refractivity contribution in [3.8, 4) is 0 Å². The topological polar surface area (TPSA) is 61.2 Å². The predicted octanol–water partition coefficient (Wildman–Crippen LogP) is 7.62. The Morgan fingerprint density at radius 1 is 0.972 bits per heavy atom. The second-order valence-corrected chi connectivity index (χ2v) is 23.9. The van der Waals surface area contributed by atoms with Gasteiger partial charge in [-0.2, -0.15) is 0 Å². The Morgan fingerprint density at radius 2 is 1.64 bits per heavy atom. The lowest BCUT2D eigenvalue weighted by Gasteiger charge is -2.41. The molecule has 3 atom stereocenters. The van der Waals surface area contributed by atoms with Gasteiger partial charge in [0, 0.05) is 31.3 Å². The largest absolute Gasteiger partial charge is 0.416 e. The maximum Gasteiger partial charge on any atom is 0.192 e. The third-order valence-corrected chi connectivity index (χ3v) is 18.5. The van der Waals surface area contributed by atoms with Crippen molar-refractivity contribution >= 4 is 33.5 Å². The van der Waals surface area contributed by atoms with Crippen LogP contribution in [0.4, 0.5) is 5.82 Å². The lowest BCUT2D eigenvalue weighted by atomic mass is 10.1. The molecule has 2 aliphatic rings. The van der Waals surface area contributed by atoms with Crippen LogP contribution in [0, 0.1) is 11.8 Å². The summed E-state index contributed by atoms with van der Waals surface area (Å²) < 4.78 is 16.2. The summed E-state index contributed by atoms with van der Waals surface area (Å²) in [5.74, 6) is 2.17. The molecule has 0 amide bonds. The summed E-state index contributed by atoms with van der Waals surface area (Å²) in [4.78, 5) is 9.29. The van der Waals surface area contributed by atoms with Gasteiger partial charge in [-0.25, -0.2) is 9.97 Å². The van der Waals surface area contributed by atoms with Crippen LogP contribution >= 0.6 is 0 Å². The molecule has 2 saturated carbocycles. The highest BCUT2D eigenvalue weighted by molar-refractivity contribution is 6.74. The summed E-state index contributed by atoms with van der Waals surface area (Å²) in [5, 5.41) is 5.09. The number of rotatable bonds is 9. The smallest absolute Gasteiger partial charge is 0.192 e. The number of fused-ring (bicyclic) bond motifs is 1. The van der Waals surface area contributed by atoms with Crippen molar-refractivity contribution in [1.29, 1.82) is 0 Å². The van der Waals surface area contributed by atoms with Crippen LogP contribution in [0.25, 0.3) is 11.0 Å². The number of nitrogens with zero attached hydrogens (tertiary/aromatic N) is 3. The van der Waals surface area contributed by atoms with Crippen molar-refractivity contribution in [3.05, 3.63) is 18.6 Å². The van der Waals surface area contributed by atoms with Crippen molar-refractivity contribution in [1.82, 2.24) is 14.5 Å². The molecule has 0 aromatic carbocycles. The van der Waals surface area contributed by atoms with Crippen LogP contribution in [0.3, 0.4) is 0 Å². The number of hydrogen-bond acceptors (Lipinski definition) is 5. The minimum atomic E-state index is -1.91. The Morgan fingerprint density at radius 3 is 2.25 bits per heavy atom. The van der Waals surface area contributed by atoms with Crippen LogP contribution in [0.15, 0.2) is 18.6 Å². The first-order chi connectivity index (χ1) is 16.6. The van der Waals surface area contributed by atoms with Gasteiger partial charge < -0.3 is 18.7 Å². The van der Waals surface area contributed by atoms with Gasteiger partial charge in [0.05, 0.1) is 11.5 Å². The molecular formula is C28H50N4O2Si2. The number of aromatic nitrogens is 3. The van der Waals surface area contributed by atoms with Crippen LogP contribution in [0.5, 0.6) is 0 Å². The van der Waals surface area contributed by atoms with Gasteiger partial charge in [-0.3, -0.25) is 0 Å². The van der Waals surface area contributed by atoms with E-state index in [9.17, 15) is 0 Å². The Bertz CT molecular complexity index is 1050. The van der Waals surface area contributed by atoms with Gasteiger partial charge in [-0.05, 0) is 73.9 Å². The second-order valence-electron chi connectivity index (χ2n) is 14.4. The van der Waals surface area contributed by atoms with E-state index in [0.29, 0.717) is 12.0 Å². The highest BCUT2D eigenvalue weighted by Crippen LogP contribution is 2.45. The summed E-state index contributed by atoms with van der Waals surface area (Å²) in [5.41, 5.74) is 1.03. The zero-order chi connectivity index (χ0) is 26.5. The summed E-state index contributed by atoms with van der Waals surface area (Å²) in [7, 11) is -3.74. The monoisotopic (exact) mass is 530 g/mol. The van der Waals surface area contributed by atoms with E-state index in [1.54, 1.807) is 6.33 Å². The number of anilines is 1. The Labute approximate surface area is 221 Å². The summed E-state index contributed by atoms with van der Waals surface area (Å²) >= 11 is 0. The van der Waals surface area contributed by atoms with E-state index in [1.807, 2.05) is 0 Å². The van der Waals surface area contributed by atoms with Crippen molar-refractivity contribution in [2.24, 2.45) is 11.8 Å². The second kappa shape index (κ2) is 9.82. The molecule has 8 heteroatoms. The van der Waals surface area contributed by atoms with E-state index in [0.717, 1.165) is 48.8 Å². The van der Waals surface area contributed by atoms with E-state index >= 15 is 0 Å². The molecule has 2 aromatic rings. The molecule has 6 nitrogen and oxygen atoms in total. The molecule has 4 rings (SSSR count). The molecule has 202 valence electrons. The molecule has 2 aliphatic carbocycles. The van der Waals surface area contributed by atoms with Crippen LogP contribution in [0.2, 0.25) is 36.3 Å². The summed E-state index contributed by atoms with van der Waals surface area (Å²) in [6.45, 7) is 25.2. The fourth-order valence-electron chi connectivity index (χ4n) is 4.66. The molecule has 0 unspecified atom stereocenters. The summed E-state index contributed by atoms with van der Waals surface area (Å²) in [6.07, 6.45) is 8.88. The van der Waals surface area contributed by atoms with Crippen LogP contribution in [-0.4, -0.2) is 50.4 Å². The average Bonchev–Trinajstić information content (AvgIpc) is 3.35. The van der Waals surface area contributed by atoms with Crippen LogP contribution in [0.1, 0.15) is 73.3 Å². The van der Waals surface area contributed by atoms with Crippen molar-refractivity contribution in [2.75, 3.05) is 18.5 Å². The van der Waals surface area contributed by atoms with Crippen molar-refractivity contribution in [3.63, 3.8) is 0 Å². The van der Waals surface area contributed by atoms with E-state index in [-0.39, 0.29) is 16.2 Å². The maximum atomic E-state index is 7.08. The molecule has 0 spiro atoms. The highest BCUT2D eigenvalue weighted by atomic mass is 28.4. The van der Waals surface area contributed by atoms with Crippen LogP contribution < -0.4 is 5.32 Å². The minimum absolute atomic E-state index is 0.186. The fraction of sp³-hybridized carbons (Fsp3) is 0.786. The van der Waals surface area contributed by atoms with Gasteiger partial charge >= 0.3 is 0 Å². The molecule has 36 heavy (non-hydrogen) atoms. The zero-order valence-electron chi connectivity index (χ0n) is 24.4. The van der Waals surface area contributed by atoms with E-state index in [4.69, 9.17) is 13.8 Å². The fourth-order valence-corrected chi connectivity index (χ4v) is 7.12. The van der Waals surface area contributed by atoms with Crippen molar-refractivity contribution in [2.45, 2.75) is 116 Å². The first-order valence-electron chi connectivity index (χ1n) is 14.0. The number of nitrogens with one attached hydrogen (secondary N) is 1. The molecule has 2 fully saturated rings. The first kappa shape index (κ1) is 27.8. The normalized spacial score (nSPS) is 24.0. The SMILES string of the molecule is CC(C)(C)[Si](C)(C)OC[C@@H]1C[C@@H](n2ccc3c(NCC4CC4)ncnc32)C[C@@H]1O[Si](C)(C)C(C)(C)C. The molecule has 2 aromatic heterocycles. The Kier molecular flexibility index (Phi) is 7.58. The first-order valence-corrected chi connectivity index (χ1v) is 19.8. The van der Waals surface area contributed by atoms with E-state index in [2.05, 4.69) is 94.9 Å². The minimum Gasteiger partial charge on any atom is -0.416 e. The third-order valence-electron chi connectivity index (χ3n) is 9.48. The van der Waals surface area contributed by atoms with Gasteiger partial charge in [-0.1, -0.05) is 41.5 Å². The maximum absolute atomic E-state index is 7.08. The van der Waals surface area contributed by atoms with Gasteiger partial charge in [0.15, 0.2) is 16.6 Å². The zero-order valence-corrected chi connectivity index (χ0v) is 26.4. The molecule has 0 saturated heterocycles. The molecular weight excluding hydrogens is 481 g/mol. The lowest BCUT2D eigenvalue weighted by Crippen LogP contribution is -2.46. The summed E-state index contributed by atoms with van der Waals surface area (Å²) in [6, 6.07) is 2.55. The van der Waals surface area contributed by atoms with Gasteiger partial charge in [-0.15, -0.1) is 0 Å². The average molecular weight is 531 g/mol. The predicted molar refractivity (Wildman–Crippen MR) is 156 cm³/mol. The Hall–Kier alpha value is -1.23. The van der Waals surface area contributed by atoms with Crippen LogP contribution in [-0.2, 0) is 8.85 Å². The Balaban J connectivity index is 1.57. The molecule has 0 radical (unpaired) electrons. The standard InChI is InChI=1S/C28H50N4O2Si2/c1-27(2,3)35(7,8)33-18-21-15-22(16-24(21)34-36(9,10)28(4,5)6)32-14-13-23-25(29-17-20-11-12-20)30-19-31-26(23)32/h13-14,19-22,24H,11-12,15-18H2,1-10H3,(H,29,30,31)/t21-,22+,24-/m0/s1. The number of hydrogen-bond donors (Lipinski definition) is 1. The molecule has 0 bridgehead atoms. The highest BCUT2D eigenvalue weighted by Gasteiger charge is 2.46. The molecule has 2 heterocycles. The third kappa shape index (κ3) is 5.92. The van der Waals surface area contributed by atoms with Gasteiger partial charge in [0.25, 0.3) is 0 Å². The van der Waals surface area contributed by atoms with E-state index in [1.165, 1.54) is 12.8 Å². The van der Waals surface area contributed by atoms with E-state index < -0.39 is 16.6 Å². The molecule has 1 N–H and O–H groups in total.